The summed E-state index contributed by atoms with van der Waals surface area (Å²) in [5.41, 5.74) is 2.46. The van der Waals surface area contributed by atoms with Gasteiger partial charge in [-0.2, -0.15) is 0 Å². The van der Waals surface area contributed by atoms with E-state index in [1.807, 2.05) is 12.1 Å². The fourth-order valence-electron chi connectivity index (χ4n) is 4.67. The van der Waals surface area contributed by atoms with E-state index >= 15 is 0 Å². The molecule has 0 spiro atoms. The summed E-state index contributed by atoms with van der Waals surface area (Å²) in [6, 6.07) is 19.2. The largest absolute Gasteiger partial charge is 0.369 e. The second kappa shape index (κ2) is 9.60. The number of rotatable bonds is 5. The van der Waals surface area contributed by atoms with Gasteiger partial charge in [0.05, 0.1) is 18.2 Å². The Bertz CT molecular complexity index is 1270. The van der Waals surface area contributed by atoms with Gasteiger partial charge in [-0.25, -0.2) is 9.29 Å². The Morgan fingerprint density at radius 3 is 2.09 bits per heavy atom. The minimum atomic E-state index is -0.473. The number of carbonyl (C=O) groups excluding carboxylic acids is 3. The maximum Gasteiger partial charge on any atom is 0.251 e. The van der Waals surface area contributed by atoms with Crippen molar-refractivity contribution in [2.45, 2.75) is 12.5 Å². The SMILES string of the molecule is O=C(c1ccc(F)cc1)c1ccc(N2CCN([C@@H]3CC(=O)N(c4cccc(Cl)c4)C3=O)CC2)cc1. The molecule has 2 aliphatic rings. The van der Waals surface area contributed by atoms with Gasteiger partial charge in [0.2, 0.25) is 5.91 Å². The molecular formula is C27H23ClFN3O3. The first kappa shape index (κ1) is 23.2. The number of benzene rings is 3. The van der Waals surface area contributed by atoms with Crippen LogP contribution in [0.4, 0.5) is 15.8 Å². The number of ketones is 1. The smallest absolute Gasteiger partial charge is 0.251 e. The Balaban J connectivity index is 1.21. The maximum absolute atomic E-state index is 13.1. The van der Waals surface area contributed by atoms with Crippen molar-refractivity contribution in [3.05, 3.63) is 94.8 Å². The van der Waals surface area contributed by atoms with Crippen LogP contribution in [0.5, 0.6) is 0 Å². The molecule has 0 aromatic heterocycles. The average Bonchev–Trinajstić information content (AvgIpc) is 3.18. The third-order valence-corrected chi connectivity index (χ3v) is 6.78. The summed E-state index contributed by atoms with van der Waals surface area (Å²) in [5.74, 6) is -0.965. The molecule has 0 N–H and O–H groups in total. The van der Waals surface area contributed by atoms with E-state index in [9.17, 15) is 18.8 Å². The van der Waals surface area contributed by atoms with Crippen molar-refractivity contribution in [2.75, 3.05) is 36.0 Å². The zero-order valence-electron chi connectivity index (χ0n) is 18.9. The van der Waals surface area contributed by atoms with Crippen LogP contribution in [0.3, 0.4) is 0 Å². The fourth-order valence-corrected chi connectivity index (χ4v) is 4.86. The summed E-state index contributed by atoms with van der Waals surface area (Å²) in [5, 5.41) is 0.477. The quantitative estimate of drug-likeness (QED) is 0.396. The van der Waals surface area contributed by atoms with E-state index in [0.29, 0.717) is 48.0 Å². The van der Waals surface area contributed by atoms with Gasteiger partial charge < -0.3 is 4.90 Å². The van der Waals surface area contributed by atoms with Crippen LogP contribution in [-0.4, -0.2) is 54.7 Å². The Kier molecular flexibility index (Phi) is 6.36. The second-order valence-electron chi connectivity index (χ2n) is 8.67. The molecule has 0 radical (unpaired) electrons. The summed E-state index contributed by atoms with van der Waals surface area (Å²) in [7, 11) is 0. The molecule has 8 heteroatoms. The molecule has 0 aliphatic carbocycles. The predicted molar refractivity (Wildman–Crippen MR) is 132 cm³/mol. The molecule has 0 saturated carbocycles. The number of halogens is 2. The van der Waals surface area contributed by atoms with Crippen LogP contribution >= 0.6 is 11.6 Å². The molecule has 2 amide bonds. The molecule has 0 unspecified atom stereocenters. The molecule has 6 nitrogen and oxygen atoms in total. The molecule has 5 rings (SSSR count). The number of anilines is 2. The molecule has 2 saturated heterocycles. The van der Waals surface area contributed by atoms with Crippen molar-refractivity contribution in [1.82, 2.24) is 4.90 Å². The number of hydrogen-bond donors (Lipinski definition) is 0. The van der Waals surface area contributed by atoms with Crippen molar-refractivity contribution in [1.29, 1.82) is 0 Å². The van der Waals surface area contributed by atoms with E-state index in [2.05, 4.69) is 9.80 Å². The Morgan fingerprint density at radius 2 is 1.46 bits per heavy atom. The lowest BCUT2D eigenvalue weighted by Gasteiger charge is -2.38. The summed E-state index contributed by atoms with van der Waals surface area (Å²) in [6.07, 6.45) is 0.158. The Morgan fingerprint density at radius 1 is 0.829 bits per heavy atom. The summed E-state index contributed by atoms with van der Waals surface area (Å²) >= 11 is 6.04. The van der Waals surface area contributed by atoms with Gasteiger partial charge in [-0.05, 0) is 66.7 Å². The molecule has 2 fully saturated rings. The topological polar surface area (TPSA) is 60.9 Å². The van der Waals surface area contributed by atoms with Crippen molar-refractivity contribution >= 4 is 40.6 Å². The van der Waals surface area contributed by atoms with Crippen molar-refractivity contribution in [3.8, 4) is 0 Å². The molecule has 35 heavy (non-hydrogen) atoms. The van der Waals surface area contributed by atoms with E-state index < -0.39 is 6.04 Å². The third-order valence-electron chi connectivity index (χ3n) is 6.55. The molecular weight excluding hydrogens is 469 g/mol. The van der Waals surface area contributed by atoms with E-state index in [-0.39, 0.29) is 29.8 Å². The van der Waals surface area contributed by atoms with Crippen LogP contribution in [0.1, 0.15) is 22.3 Å². The number of hydrogen-bond acceptors (Lipinski definition) is 5. The van der Waals surface area contributed by atoms with Gasteiger partial charge in [0.15, 0.2) is 5.78 Å². The van der Waals surface area contributed by atoms with Crippen LogP contribution in [0.15, 0.2) is 72.8 Å². The summed E-state index contributed by atoms with van der Waals surface area (Å²) in [4.78, 5) is 43.8. The maximum atomic E-state index is 13.1. The monoisotopic (exact) mass is 491 g/mol. The fraction of sp³-hybridized carbons (Fsp3) is 0.222. The first-order valence-electron chi connectivity index (χ1n) is 11.4. The molecule has 1 atom stereocenters. The molecule has 3 aromatic rings. The lowest BCUT2D eigenvalue weighted by Crippen LogP contribution is -2.52. The highest BCUT2D eigenvalue weighted by molar-refractivity contribution is 6.31. The Labute approximate surface area is 207 Å². The van der Waals surface area contributed by atoms with E-state index in [1.165, 1.54) is 29.2 Å². The molecule has 178 valence electrons. The van der Waals surface area contributed by atoms with Crippen molar-refractivity contribution in [3.63, 3.8) is 0 Å². The highest BCUT2D eigenvalue weighted by atomic mass is 35.5. The Hall–Kier alpha value is -3.55. The zero-order valence-corrected chi connectivity index (χ0v) is 19.6. The lowest BCUT2D eigenvalue weighted by atomic mass is 10.0. The minimum Gasteiger partial charge on any atom is -0.369 e. The van der Waals surface area contributed by atoms with Gasteiger partial charge in [-0.15, -0.1) is 0 Å². The standard InChI is InChI=1S/C27H23ClFN3O3/c28-20-2-1-3-23(16-20)32-25(33)17-24(27(32)35)31-14-12-30(13-15-31)22-10-6-19(7-11-22)26(34)18-4-8-21(29)9-5-18/h1-11,16,24H,12-15,17H2/t24-/m1/s1. The number of imide groups is 1. The van der Waals surface area contributed by atoms with Gasteiger partial charge in [0.1, 0.15) is 5.82 Å². The average molecular weight is 492 g/mol. The highest BCUT2D eigenvalue weighted by Gasteiger charge is 2.43. The van der Waals surface area contributed by atoms with Crippen LogP contribution < -0.4 is 9.80 Å². The zero-order chi connectivity index (χ0) is 24.5. The highest BCUT2D eigenvalue weighted by Crippen LogP contribution is 2.29. The van der Waals surface area contributed by atoms with Crippen LogP contribution in [0.25, 0.3) is 0 Å². The molecule has 2 aliphatic heterocycles. The molecule has 2 heterocycles. The van der Waals surface area contributed by atoms with Gasteiger partial charge in [-0.3, -0.25) is 19.3 Å². The number of piperazine rings is 1. The third kappa shape index (κ3) is 4.70. The van der Waals surface area contributed by atoms with Crippen molar-refractivity contribution < 1.29 is 18.8 Å². The van der Waals surface area contributed by atoms with E-state index in [0.717, 1.165) is 5.69 Å². The van der Waals surface area contributed by atoms with E-state index in [4.69, 9.17) is 11.6 Å². The normalized spacial score (nSPS) is 18.9. The molecule has 3 aromatic carbocycles. The first-order chi connectivity index (χ1) is 16.9. The first-order valence-corrected chi connectivity index (χ1v) is 11.8. The summed E-state index contributed by atoms with van der Waals surface area (Å²) in [6.45, 7) is 2.67. The molecule has 0 bridgehead atoms. The summed E-state index contributed by atoms with van der Waals surface area (Å²) < 4.78 is 13.1. The number of carbonyl (C=O) groups is 3. The van der Waals surface area contributed by atoms with Gasteiger partial charge in [-0.1, -0.05) is 17.7 Å². The van der Waals surface area contributed by atoms with Gasteiger partial charge in [0, 0.05) is 48.0 Å². The van der Waals surface area contributed by atoms with Gasteiger partial charge >= 0.3 is 0 Å². The predicted octanol–water partition coefficient (Wildman–Crippen LogP) is 4.16. The van der Waals surface area contributed by atoms with E-state index in [1.54, 1.807) is 36.4 Å². The van der Waals surface area contributed by atoms with Gasteiger partial charge in [0.25, 0.3) is 5.91 Å². The second-order valence-corrected chi connectivity index (χ2v) is 9.11. The lowest BCUT2D eigenvalue weighted by molar-refractivity contribution is -0.123. The van der Waals surface area contributed by atoms with Crippen LogP contribution in [-0.2, 0) is 9.59 Å². The number of nitrogens with zero attached hydrogens (tertiary/aromatic N) is 3. The number of amides is 2. The van der Waals surface area contributed by atoms with Crippen molar-refractivity contribution in [2.24, 2.45) is 0 Å². The minimum absolute atomic E-state index is 0.157. The van der Waals surface area contributed by atoms with Crippen LogP contribution in [0.2, 0.25) is 5.02 Å². The van der Waals surface area contributed by atoms with Crippen LogP contribution in [0, 0.1) is 5.82 Å².